The summed E-state index contributed by atoms with van der Waals surface area (Å²) in [5, 5.41) is 11.5. The first-order chi connectivity index (χ1) is 13.7. The zero-order valence-electron chi connectivity index (χ0n) is 18.6. The van der Waals surface area contributed by atoms with Crippen LogP contribution in [-0.2, 0) is 9.59 Å². The van der Waals surface area contributed by atoms with Gasteiger partial charge in [0.05, 0.1) is 0 Å². The van der Waals surface area contributed by atoms with Crippen LogP contribution >= 0.6 is 0 Å². The normalized spacial score (nSPS) is 10.9. The molecule has 0 aliphatic heterocycles. The van der Waals surface area contributed by atoms with Crippen molar-refractivity contribution in [3.05, 3.63) is 0 Å². The lowest BCUT2D eigenvalue weighted by Gasteiger charge is -2.05. The summed E-state index contributed by atoms with van der Waals surface area (Å²) < 4.78 is 0. The molecule has 0 heterocycles. The van der Waals surface area contributed by atoms with Gasteiger partial charge in [0.25, 0.3) is 0 Å². The number of amides is 1. The maximum atomic E-state index is 11.6. The number of carbonyl (C=O) groups is 2. The van der Waals surface area contributed by atoms with Crippen molar-refractivity contribution < 1.29 is 14.7 Å². The third kappa shape index (κ3) is 23.0. The van der Waals surface area contributed by atoms with Gasteiger partial charge >= 0.3 is 5.97 Å². The zero-order chi connectivity index (χ0) is 20.7. The smallest absolute Gasteiger partial charge is 0.303 e. The van der Waals surface area contributed by atoms with Crippen molar-refractivity contribution >= 4 is 11.9 Å². The molecule has 28 heavy (non-hydrogen) atoms. The van der Waals surface area contributed by atoms with E-state index >= 15 is 0 Å². The Morgan fingerprint density at radius 2 is 0.964 bits per heavy atom. The molecule has 1 amide bonds. The number of carboxylic acid groups (broad SMARTS) is 1. The van der Waals surface area contributed by atoms with E-state index in [9.17, 15) is 9.59 Å². The van der Waals surface area contributed by atoms with Crippen molar-refractivity contribution in [3.8, 4) is 0 Å². The van der Waals surface area contributed by atoms with Crippen LogP contribution in [0.5, 0.6) is 0 Å². The Labute approximate surface area is 174 Å². The molecule has 0 aromatic rings. The molecule has 0 fully saturated rings. The van der Waals surface area contributed by atoms with Crippen LogP contribution in [-0.4, -0.2) is 23.5 Å². The number of unbranched alkanes of at least 4 members (excludes halogenated alkanes) is 16. The highest BCUT2D eigenvalue weighted by Gasteiger charge is 2.02. The molecule has 4 heteroatoms. The van der Waals surface area contributed by atoms with Crippen molar-refractivity contribution in [1.82, 2.24) is 5.32 Å². The Kier molecular flexibility index (Phi) is 21.4. The van der Waals surface area contributed by atoms with Crippen LogP contribution < -0.4 is 5.32 Å². The second kappa shape index (κ2) is 22.2. The molecular weight excluding hydrogens is 350 g/mol. The molecule has 0 aromatic heterocycles. The fourth-order valence-corrected chi connectivity index (χ4v) is 3.55. The first kappa shape index (κ1) is 26.9. The van der Waals surface area contributed by atoms with Crippen molar-refractivity contribution in [2.75, 3.05) is 6.54 Å². The third-order valence-corrected chi connectivity index (χ3v) is 5.40. The van der Waals surface area contributed by atoms with Crippen molar-refractivity contribution in [2.45, 2.75) is 135 Å². The molecule has 166 valence electrons. The molecule has 0 saturated heterocycles. The maximum absolute atomic E-state index is 11.6. The summed E-state index contributed by atoms with van der Waals surface area (Å²) in [5.74, 6) is -0.722. The summed E-state index contributed by atoms with van der Waals surface area (Å²) in [4.78, 5) is 22.0. The molecular formula is C24H47NO3. The van der Waals surface area contributed by atoms with Gasteiger partial charge in [-0.1, -0.05) is 103 Å². The molecule has 2 N–H and O–H groups in total. The van der Waals surface area contributed by atoms with E-state index in [-0.39, 0.29) is 12.3 Å². The lowest BCUT2D eigenvalue weighted by molar-refractivity contribution is -0.137. The summed E-state index contributed by atoms with van der Waals surface area (Å²) in [7, 11) is 0. The Morgan fingerprint density at radius 3 is 1.39 bits per heavy atom. The van der Waals surface area contributed by atoms with Gasteiger partial charge in [-0.05, 0) is 19.3 Å². The number of carboxylic acids is 1. The quantitative estimate of drug-likeness (QED) is 0.193. The lowest BCUT2D eigenvalue weighted by atomic mass is 10.0. The standard InChI is InChI=1S/C24H47NO3/c1-2-3-4-5-6-7-8-9-10-11-12-13-14-15-16-19-22-25-23(26)20-17-18-21-24(27)28/h2-22H2,1H3,(H,25,26)(H,27,28). The number of rotatable bonds is 22. The molecule has 0 aliphatic rings. The predicted molar refractivity (Wildman–Crippen MR) is 119 cm³/mol. The van der Waals surface area contributed by atoms with Crippen LogP contribution in [0.25, 0.3) is 0 Å². The fraction of sp³-hybridized carbons (Fsp3) is 0.917. The highest BCUT2D eigenvalue weighted by Crippen LogP contribution is 2.13. The number of hydrogen-bond donors (Lipinski definition) is 2. The highest BCUT2D eigenvalue weighted by atomic mass is 16.4. The molecule has 0 saturated carbocycles. The summed E-state index contributed by atoms with van der Waals surface area (Å²) in [6.07, 6.45) is 23.6. The molecule has 0 atom stereocenters. The molecule has 0 bridgehead atoms. The van der Waals surface area contributed by atoms with Crippen LogP contribution in [0, 0.1) is 0 Å². The minimum Gasteiger partial charge on any atom is -0.481 e. The van der Waals surface area contributed by atoms with Gasteiger partial charge in [-0.2, -0.15) is 0 Å². The van der Waals surface area contributed by atoms with Crippen LogP contribution in [0.3, 0.4) is 0 Å². The van der Waals surface area contributed by atoms with E-state index in [1.54, 1.807) is 0 Å². The van der Waals surface area contributed by atoms with Crippen LogP contribution in [0.2, 0.25) is 0 Å². The van der Waals surface area contributed by atoms with Crippen LogP contribution in [0.15, 0.2) is 0 Å². The van der Waals surface area contributed by atoms with E-state index in [4.69, 9.17) is 5.11 Å². The Morgan fingerprint density at radius 1 is 0.571 bits per heavy atom. The van der Waals surface area contributed by atoms with Gasteiger partial charge in [-0.3, -0.25) is 9.59 Å². The monoisotopic (exact) mass is 397 g/mol. The minimum absolute atomic E-state index is 0.0614. The van der Waals surface area contributed by atoms with Gasteiger partial charge in [0.2, 0.25) is 5.91 Å². The van der Waals surface area contributed by atoms with Gasteiger partial charge in [0.1, 0.15) is 0 Å². The van der Waals surface area contributed by atoms with Gasteiger partial charge in [0, 0.05) is 19.4 Å². The van der Waals surface area contributed by atoms with E-state index in [2.05, 4.69) is 12.2 Å². The predicted octanol–water partition coefficient (Wildman–Crippen LogP) is 7.01. The summed E-state index contributed by atoms with van der Waals surface area (Å²) >= 11 is 0. The molecule has 0 rings (SSSR count). The molecule has 0 aromatic carbocycles. The van der Waals surface area contributed by atoms with E-state index in [0.717, 1.165) is 13.0 Å². The second-order valence-electron chi connectivity index (χ2n) is 8.25. The number of aliphatic carboxylic acids is 1. The average molecular weight is 398 g/mol. The zero-order valence-corrected chi connectivity index (χ0v) is 18.6. The highest BCUT2D eigenvalue weighted by molar-refractivity contribution is 5.75. The van der Waals surface area contributed by atoms with E-state index < -0.39 is 5.97 Å². The second-order valence-corrected chi connectivity index (χ2v) is 8.25. The van der Waals surface area contributed by atoms with Gasteiger partial charge in [-0.25, -0.2) is 0 Å². The fourth-order valence-electron chi connectivity index (χ4n) is 3.55. The van der Waals surface area contributed by atoms with Crippen molar-refractivity contribution in [3.63, 3.8) is 0 Å². The Balaban J connectivity index is 3.11. The number of nitrogens with one attached hydrogen (secondary N) is 1. The van der Waals surface area contributed by atoms with E-state index in [1.807, 2.05) is 0 Å². The molecule has 0 radical (unpaired) electrons. The van der Waals surface area contributed by atoms with Crippen LogP contribution in [0.4, 0.5) is 0 Å². The molecule has 4 nitrogen and oxygen atoms in total. The maximum Gasteiger partial charge on any atom is 0.303 e. The van der Waals surface area contributed by atoms with Crippen molar-refractivity contribution in [1.29, 1.82) is 0 Å². The first-order valence-corrected chi connectivity index (χ1v) is 12.1. The molecule has 0 unspecified atom stereocenters. The summed E-state index contributed by atoms with van der Waals surface area (Å²) in [5.41, 5.74) is 0. The average Bonchev–Trinajstić information content (AvgIpc) is 2.67. The van der Waals surface area contributed by atoms with E-state index in [0.29, 0.717) is 19.3 Å². The van der Waals surface area contributed by atoms with E-state index in [1.165, 1.54) is 96.3 Å². The van der Waals surface area contributed by atoms with Gasteiger partial charge in [0.15, 0.2) is 0 Å². The minimum atomic E-state index is -0.784. The summed E-state index contributed by atoms with van der Waals surface area (Å²) in [6, 6.07) is 0. The SMILES string of the molecule is CCCCCCCCCCCCCCCCCCNC(=O)CCCCC(=O)O. The molecule has 0 spiro atoms. The number of hydrogen-bond acceptors (Lipinski definition) is 2. The topological polar surface area (TPSA) is 66.4 Å². The number of carbonyl (C=O) groups excluding carboxylic acids is 1. The lowest BCUT2D eigenvalue weighted by Crippen LogP contribution is -2.24. The Hall–Kier alpha value is -1.06. The molecule has 0 aliphatic carbocycles. The van der Waals surface area contributed by atoms with Gasteiger partial charge < -0.3 is 10.4 Å². The third-order valence-electron chi connectivity index (χ3n) is 5.40. The summed E-state index contributed by atoms with van der Waals surface area (Å²) in [6.45, 7) is 3.03. The van der Waals surface area contributed by atoms with Gasteiger partial charge in [-0.15, -0.1) is 0 Å². The van der Waals surface area contributed by atoms with Crippen LogP contribution in [0.1, 0.15) is 135 Å². The first-order valence-electron chi connectivity index (χ1n) is 12.1. The Bertz CT molecular complexity index is 358. The largest absolute Gasteiger partial charge is 0.481 e. The van der Waals surface area contributed by atoms with Crippen molar-refractivity contribution in [2.24, 2.45) is 0 Å².